The predicted molar refractivity (Wildman–Crippen MR) is 57.4 cm³/mol. The molecule has 4 nitrogen and oxygen atoms in total. The van der Waals surface area contributed by atoms with Crippen molar-refractivity contribution in [1.82, 2.24) is 0 Å². The summed E-state index contributed by atoms with van der Waals surface area (Å²) in [7, 11) is 0. The summed E-state index contributed by atoms with van der Waals surface area (Å²) < 4.78 is -0.237. The van der Waals surface area contributed by atoms with Crippen LogP contribution in [-0.2, 0) is 9.59 Å². The van der Waals surface area contributed by atoms with Crippen molar-refractivity contribution in [2.45, 2.75) is 38.0 Å². The molecule has 0 bridgehead atoms. The fourth-order valence-corrected chi connectivity index (χ4v) is 2.12. The molecule has 3 N–H and O–H groups in total. The highest BCUT2D eigenvalue weighted by molar-refractivity contribution is 8.00. The molecule has 0 aliphatic carbocycles. The van der Waals surface area contributed by atoms with E-state index in [0.717, 1.165) is 0 Å². The molecule has 0 amide bonds. The number of nitrogens with two attached hydrogens (primary N) is 1. The van der Waals surface area contributed by atoms with Gasteiger partial charge in [-0.1, -0.05) is 13.8 Å². The lowest BCUT2D eigenvalue weighted by Gasteiger charge is -2.23. The average Bonchev–Trinajstić information content (AvgIpc) is 1.97. The molecule has 1 atom stereocenters. The summed E-state index contributed by atoms with van der Waals surface area (Å²) in [5.74, 6) is -0.571. The van der Waals surface area contributed by atoms with Crippen molar-refractivity contribution in [3.8, 4) is 0 Å². The van der Waals surface area contributed by atoms with Crippen LogP contribution in [0.4, 0.5) is 0 Å². The third kappa shape index (κ3) is 5.99. The number of carbonyl (C=O) groups is 2. The Kier molecular flexibility index (Phi) is 5.15. The van der Waals surface area contributed by atoms with Gasteiger partial charge in [-0.05, 0) is 6.92 Å². The van der Waals surface area contributed by atoms with Crippen molar-refractivity contribution in [3.63, 3.8) is 0 Å². The third-order valence-electron chi connectivity index (χ3n) is 1.65. The van der Waals surface area contributed by atoms with Gasteiger partial charge in [0.2, 0.25) is 0 Å². The third-order valence-corrected chi connectivity index (χ3v) is 3.10. The van der Waals surface area contributed by atoms with E-state index < -0.39 is 12.0 Å². The van der Waals surface area contributed by atoms with Gasteiger partial charge in [0.15, 0.2) is 0 Å². The van der Waals surface area contributed by atoms with Crippen LogP contribution in [-0.4, -0.2) is 33.4 Å². The van der Waals surface area contributed by atoms with Gasteiger partial charge >= 0.3 is 5.97 Å². The van der Waals surface area contributed by atoms with E-state index in [-0.39, 0.29) is 10.5 Å². The lowest BCUT2D eigenvalue weighted by molar-refractivity contribution is -0.137. The number of carboxylic acid groups (broad SMARTS) is 1. The van der Waals surface area contributed by atoms with Crippen LogP contribution in [0.25, 0.3) is 0 Å². The van der Waals surface area contributed by atoms with E-state index >= 15 is 0 Å². The van der Waals surface area contributed by atoms with E-state index in [9.17, 15) is 9.59 Å². The summed E-state index contributed by atoms with van der Waals surface area (Å²) in [5, 5.41) is 8.56. The van der Waals surface area contributed by atoms with Crippen molar-refractivity contribution in [2.75, 3.05) is 5.75 Å². The first-order valence-corrected chi connectivity index (χ1v) is 5.35. The fraction of sp³-hybridized carbons (Fsp3) is 0.778. The van der Waals surface area contributed by atoms with Gasteiger partial charge in [-0.3, -0.25) is 9.59 Å². The molecule has 0 aromatic heterocycles. The van der Waals surface area contributed by atoms with Crippen LogP contribution in [0.3, 0.4) is 0 Å². The first-order chi connectivity index (χ1) is 6.24. The van der Waals surface area contributed by atoms with E-state index in [0.29, 0.717) is 12.2 Å². The second kappa shape index (κ2) is 5.36. The van der Waals surface area contributed by atoms with Gasteiger partial charge in [0.1, 0.15) is 11.8 Å². The number of carbonyl (C=O) groups excluding carboxylic acids is 1. The molecule has 0 fully saturated rings. The standard InChI is InChI=1S/C9H17NO3S/c1-6(11)4-9(2,3)14-5-7(10)8(12)13/h7H,4-5,10H2,1-3H3,(H,12,13)/t7-/m1/s1. The number of hydrogen-bond donors (Lipinski definition) is 2. The van der Waals surface area contributed by atoms with Crippen LogP contribution in [0.5, 0.6) is 0 Å². The SMILES string of the molecule is CC(=O)CC(C)(C)SC[C@@H](N)C(=O)O. The summed E-state index contributed by atoms with van der Waals surface area (Å²) in [4.78, 5) is 21.3. The Hall–Kier alpha value is -0.550. The number of carboxylic acids is 1. The zero-order valence-corrected chi connectivity index (χ0v) is 9.56. The van der Waals surface area contributed by atoms with E-state index in [4.69, 9.17) is 10.8 Å². The monoisotopic (exact) mass is 219 g/mol. The summed E-state index contributed by atoms with van der Waals surface area (Å²) in [6.45, 7) is 5.35. The largest absolute Gasteiger partial charge is 0.480 e. The van der Waals surface area contributed by atoms with Crippen LogP contribution in [0.15, 0.2) is 0 Å². The Balaban J connectivity index is 3.98. The van der Waals surface area contributed by atoms with Gasteiger partial charge in [-0.15, -0.1) is 0 Å². The number of Topliss-reactive ketones (excluding diaryl/α,β-unsaturated/α-hetero) is 1. The Morgan fingerprint density at radius 3 is 2.36 bits per heavy atom. The van der Waals surface area contributed by atoms with Crippen LogP contribution in [0, 0.1) is 0 Å². The van der Waals surface area contributed by atoms with Crippen molar-refractivity contribution < 1.29 is 14.7 Å². The number of hydrogen-bond acceptors (Lipinski definition) is 4. The minimum absolute atomic E-state index is 0.103. The minimum atomic E-state index is -1.00. The highest BCUT2D eigenvalue weighted by Crippen LogP contribution is 2.28. The molecule has 0 aliphatic rings. The topological polar surface area (TPSA) is 80.4 Å². The van der Waals surface area contributed by atoms with Gasteiger partial charge in [-0.25, -0.2) is 0 Å². The van der Waals surface area contributed by atoms with Crippen LogP contribution in [0.1, 0.15) is 27.2 Å². The van der Waals surface area contributed by atoms with Crippen LogP contribution >= 0.6 is 11.8 Å². The molecule has 0 saturated heterocycles. The average molecular weight is 219 g/mol. The van der Waals surface area contributed by atoms with Crippen molar-refractivity contribution >= 4 is 23.5 Å². The second-order valence-corrected chi connectivity index (χ2v) is 5.62. The first-order valence-electron chi connectivity index (χ1n) is 4.36. The van der Waals surface area contributed by atoms with Gasteiger partial charge in [-0.2, -0.15) is 11.8 Å². The van der Waals surface area contributed by atoms with E-state index in [2.05, 4.69) is 0 Å². The molecule has 0 radical (unpaired) electrons. The molecule has 0 aromatic carbocycles. The Morgan fingerprint density at radius 1 is 1.50 bits per heavy atom. The van der Waals surface area contributed by atoms with Gasteiger partial charge in [0, 0.05) is 16.9 Å². The molecule has 82 valence electrons. The number of rotatable bonds is 6. The van der Waals surface area contributed by atoms with Gasteiger partial charge < -0.3 is 10.8 Å². The number of ketones is 1. The quantitative estimate of drug-likeness (QED) is 0.693. The molecule has 0 spiro atoms. The van der Waals surface area contributed by atoms with Gasteiger partial charge in [0.05, 0.1) is 0 Å². The molecular weight excluding hydrogens is 202 g/mol. The normalized spacial score (nSPS) is 13.7. The maximum Gasteiger partial charge on any atom is 0.321 e. The molecule has 0 rings (SSSR count). The molecule has 5 heteroatoms. The molecule has 0 aromatic rings. The maximum atomic E-state index is 10.9. The van der Waals surface area contributed by atoms with Crippen LogP contribution in [0.2, 0.25) is 0 Å². The number of aliphatic carboxylic acids is 1. The highest BCUT2D eigenvalue weighted by Gasteiger charge is 2.23. The minimum Gasteiger partial charge on any atom is -0.480 e. The molecule has 14 heavy (non-hydrogen) atoms. The van der Waals surface area contributed by atoms with Gasteiger partial charge in [0.25, 0.3) is 0 Å². The highest BCUT2D eigenvalue weighted by atomic mass is 32.2. The second-order valence-electron chi connectivity index (χ2n) is 3.89. The summed E-state index contributed by atoms with van der Waals surface area (Å²) in [6, 6.07) is -0.855. The van der Waals surface area contributed by atoms with Crippen molar-refractivity contribution in [2.24, 2.45) is 5.73 Å². The Morgan fingerprint density at radius 2 is 2.00 bits per heavy atom. The van der Waals surface area contributed by atoms with E-state index in [1.807, 2.05) is 13.8 Å². The lowest BCUT2D eigenvalue weighted by Crippen LogP contribution is -2.34. The van der Waals surface area contributed by atoms with Crippen molar-refractivity contribution in [1.29, 1.82) is 0 Å². The first kappa shape index (κ1) is 13.4. The van der Waals surface area contributed by atoms with E-state index in [1.165, 1.54) is 18.7 Å². The zero-order valence-electron chi connectivity index (χ0n) is 8.74. The Labute approximate surface area is 88.2 Å². The lowest BCUT2D eigenvalue weighted by atomic mass is 10.1. The Bertz CT molecular complexity index is 228. The van der Waals surface area contributed by atoms with Crippen molar-refractivity contribution in [3.05, 3.63) is 0 Å². The molecule has 0 saturated carbocycles. The molecule has 0 aliphatic heterocycles. The van der Waals surface area contributed by atoms with E-state index in [1.54, 1.807) is 0 Å². The van der Waals surface area contributed by atoms with Crippen LogP contribution < -0.4 is 5.73 Å². The summed E-state index contributed by atoms with van der Waals surface area (Å²) >= 11 is 1.42. The molecule has 0 heterocycles. The molecule has 0 unspecified atom stereocenters. The summed E-state index contributed by atoms with van der Waals surface area (Å²) in [6.07, 6.45) is 0.435. The summed E-state index contributed by atoms with van der Waals surface area (Å²) in [5.41, 5.74) is 5.35. The predicted octanol–water partition coefficient (Wildman–Crippen LogP) is 0.889. The smallest absolute Gasteiger partial charge is 0.321 e. The zero-order chi connectivity index (χ0) is 11.4. The molecular formula is C9H17NO3S. The number of thioether (sulfide) groups is 1. The maximum absolute atomic E-state index is 10.9. The fourth-order valence-electron chi connectivity index (χ4n) is 1.04.